The van der Waals surface area contributed by atoms with E-state index in [1.165, 1.54) is 17.0 Å². The Labute approximate surface area is 144 Å². The number of hydrogen-bond donors (Lipinski definition) is 0. The molecule has 0 saturated carbocycles. The monoisotopic (exact) mass is 343 g/mol. The summed E-state index contributed by atoms with van der Waals surface area (Å²) < 4.78 is 20.0. The van der Waals surface area contributed by atoms with Crippen LogP contribution in [0.5, 0.6) is 0 Å². The van der Waals surface area contributed by atoms with E-state index >= 15 is 0 Å². The number of hydrogen-bond acceptors (Lipinski definition) is 5. The maximum Gasteiger partial charge on any atom is 0.281 e. The summed E-state index contributed by atoms with van der Waals surface area (Å²) >= 11 is 0. The van der Waals surface area contributed by atoms with Crippen LogP contribution >= 0.6 is 0 Å². The zero-order chi connectivity index (χ0) is 18.0. The zero-order valence-electron chi connectivity index (χ0n) is 14.2. The smallest absolute Gasteiger partial charge is 0.281 e. The van der Waals surface area contributed by atoms with E-state index in [0.717, 1.165) is 6.20 Å². The van der Waals surface area contributed by atoms with Gasteiger partial charge < -0.3 is 4.52 Å². The van der Waals surface area contributed by atoms with Crippen LogP contribution in [0.15, 0.2) is 41.2 Å². The maximum atomic E-state index is 13.1. The highest BCUT2D eigenvalue weighted by molar-refractivity contribution is 6.04. The number of carbonyl (C=O) groups excluding carboxylic acids is 1. The van der Waals surface area contributed by atoms with Gasteiger partial charge in [-0.3, -0.25) is 14.4 Å². The number of aryl methyl sites for hydroxylation is 1. The lowest BCUT2D eigenvalue weighted by Gasteiger charge is -2.22. The summed E-state index contributed by atoms with van der Waals surface area (Å²) in [6, 6.07) is 6.05. The molecule has 0 bridgehead atoms. The Hall–Kier alpha value is -3.03. The van der Waals surface area contributed by atoms with Crippen LogP contribution in [-0.4, -0.2) is 32.4 Å². The molecule has 3 heterocycles. The van der Waals surface area contributed by atoms with Crippen molar-refractivity contribution in [3.63, 3.8) is 0 Å². The first-order valence-corrected chi connectivity index (χ1v) is 7.84. The first kappa shape index (κ1) is 16.8. The fourth-order valence-electron chi connectivity index (χ4n) is 2.35. The molecule has 25 heavy (non-hydrogen) atoms. The van der Waals surface area contributed by atoms with E-state index in [4.69, 9.17) is 4.52 Å². The highest BCUT2D eigenvalue weighted by Gasteiger charge is 2.24. The van der Waals surface area contributed by atoms with Crippen LogP contribution in [0, 0.1) is 11.7 Å². The van der Waals surface area contributed by atoms with Gasteiger partial charge in [-0.2, -0.15) is 5.10 Å². The second-order valence-corrected chi connectivity index (χ2v) is 6.10. The van der Waals surface area contributed by atoms with E-state index in [0.29, 0.717) is 23.8 Å². The minimum Gasteiger partial charge on any atom is -0.354 e. The molecule has 0 spiro atoms. The van der Waals surface area contributed by atoms with E-state index in [1.54, 1.807) is 30.1 Å². The number of amides is 1. The lowest BCUT2D eigenvalue weighted by Crippen LogP contribution is -2.35. The molecule has 3 rings (SSSR count). The van der Waals surface area contributed by atoms with Crippen molar-refractivity contribution in [3.8, 4) is 11.5 Å². The number of anilines is 1. The maximum absolute atomic E-state index is 13.1. The molecule has 1 amide bonds. The van der Waals surface area contributed by atoms with E-state index in [-0.39, 0.29) is 17.5 Å². The Morgan fingerprint density at radius 2 is 2.16 bits per heavy atom. The molecular weight excluding hydrogens is 325 g/mol. The predicted molar refractivity (Wildman–Crippen MR) is 89.4 cm³/mol. The third kappa shape index (κ3) is 3.73. The van der Waals surface area contributed by atoms with Gasteiger partial charge >= 0.3 is 0 Å². The molecule has 0 atom stereocenters. The normalized spacial score (nSPS) is 11.1. The summed E-state index contributed by atoms with van der Waals surface area (Å²) in [6.45, 7) is 4.38. The number of pyridine rings is 1. The Morgan fingerprint density at radius 1 is 1.36 bits per heavy atom. The van der Waals surface area contributed by atoms with Gasteiger partial charge in [0.25, 0.3) is 5.91 Å². The molecule has 3 aromatic heterocycles. The van der Waals surface area contributed by atoms with Crippen molar-refractivity contribution >= 4 is 11.7 Å². The van der Waals surface area contributed by atoms with Crippen molar-refractivity contribution in [2.45, 2.75) is 13.8 Å². The Bertz CT molecular complexity index is 869. The van der Waals surface area contributed by atoms with Gasteiger partial charge in [-0.25, -0.2) is 9.37 Å². The molecule has 130 valence electrons. The third-order valence-corrected chi connectivity index (χ3v) is 3.48. The summed E-state index contributed by atoms with van der Waals surface area (Å²) in [5.41, 5.74) is 0.733. The average molecular weight is 343 g/mol. The van der Waals surface area contributed by atoms with Crippen molar-refractivity contribution in [2.75, 3.05) is 11.4 Å². The van der Waals surface area contributed by atoms with E-state index in [1.807, 2.05) is 13.8 Å². The fourth-order valence-corrected chi connectivity index (χ4v) is 2.35. The Kier molecular flexibility index (Phi) is 4.60. The molecule has 3 aromatic rings. The lowest BCUT2D eigenvalue weighted by molar-refractivity contribution is 0.0974. The molecule has 0 aliphatic rings. The molecule has 0 fully saturated rings. The molecule has 0 unspecified atom stereocenters. The second-order valence-electron chi connectivity index (χ2n) is 6.10. The van der Waals surface area contributed by atoms with Crippen molar-refractivity contribution in [1.82, 2.24) is 19.9 Å². The molecule has 0 aliphatic heterocycles. The van der Waals surface area contributed by atoms with Crippen LogP contribution in [0.2, 0.25) is 0 Å². The van der Waals surface area contributed by atoms with Gasteiger partial charge in [0.1, 0.15) is 17.3 Å². The minimum atomic E-state index is -0.459. The van der Waals surface area contributed by atoms with Crippen LogP contribution in [0.3, 0.4) is 0 Å². The van der Waals surface area contributed by atoms with Gasteiger partial charge in [0.2, 0.25) is 0 Å². The van der Waals surface area contributed by atoms with Crippen LogP contribution in [-0.2, 0) is 7.05 Å². The van der Waals surface area contributed by atoms with Gasteiger partial charge in [0.15, 0.2) is 11.5 Å². The number of aromatic nitrogens is 4. The molecule has 8 heteroatoms. The van der Waals surface area contributed by atoms with Gasteiger partial charge in [0.05, 0.1) is 6.20 Å². The summed E-state index contributed by atoms with van der Waals surface area (Å²) in [7, 11) is 1.79. The summed E-state index contributed by atoms with van der Waals surface area (Å²) in [5, 5.41) is 8.07. The van der Waals surface area contributed by atoms with Crippen molar-refractivity contribution < 1.29 is 13.7 Å². The van der Waals surface area contributed by atoms with Gasteiger partial charge in [-0.15, -0.1) is 0 Å². The van der Waals surface area contributed by atoms with Crippen molar-refractivity contribution in [2.24, 2.45) is 13.0 Å². The fraction of sp³-hybridized carbons (Fsp3) is 0.294. The number of halogens is 1. The molecule has 0 saturated heterocycles. The highest BCUT2D eigenvalue weighted by atomic mass is 19.1. The molecule has 0 aromatic carbocycles. The van der Waals surface area contributed by atoms with Crippen LogP contribution < -0.4 is 4.90 Å². The van der Waals surface area contributed by atoms with Crippen LogP contribution in [0.25, 0.3) is 11.5 Å². The zero-order valence-corrected chi connectivity index (χ0v) is 14.2. The molecule has 0 radical (unpaired) electrons. The third-order valence-electron chi connectivity index (χ3n) is 3.48. The summed E-state index contributed by atoms with van der Waals surface area (Å²) in [4.78, 5) is 18.3. The first-order chi connectivity index (χ1) is 11.9. The second kappa shape index (κ2) is 6.84. The average Bonchev–Trinajstić information content (AvgIpc) is 3.21. The molecular formula is C17H18FN5O2. The minimum absolute atomic E-state index is 0.146. The number of rotatable bonds is 5. The quantitative estimate of drug-likeness (QED) is 0.712. The lowest BCUT2D eigenvalue weighted by atomic mass is 10.2. The topological polar surface area (TPSA) is 77.0 Å². The van der Waals surface area contributed by atoms with Crippen molar-refractivity contribution in [1.29, 1.82) is 0 Å². The largest absolute Gasteiger partial charge is 0.354 e. The number of nitrogens with zero attached hydrogens (tertiary/aromatic N) is 5. The van der Waals surface area contributed by atoms with Crippen molar-refractivity contribution in [3.05, 3.63) is 48.2 Å². The van der Waals surface area contributed by atoms with E-state index in [9.17, 15) is 9.18 Å². The first-order valence-electron chi connectivity index (χ1n) is 7.84. The van der Waals surface area contributed by atoms with Crippen LogP contribution in [0.4, 0.5) is 10.2 Å². The number of carbonyl (C=O) groups is 1. The van der Waals surface area contributed by atoms with Gasteiger partial charge in [-0.1, -0.05) is 19.0 Å². The molecule has 7 nitrogen and oxygen atoms in total. The molecule has 0 N–H and O–H groups in total. The standard InChI is InChI=1S/C17H18FN5O2/c1-11(2)10-23(16-5-4-12(18)9-19-16)17(24)14-8-15(25-21-14)13-6-7-22(3)20-13/h4-9,11H,10H2,1-3H3. The molecule has 0 aliphatic carbocycles. The summed E-state index contributed by atoms with van der Waals surface area (Å²) in [6.07, 6.45) is 2.85. The van der Waals surface area contributed by atoms with E-state index < -0.39 is 5.82 Å². The SMILES string of the molecule is CC(C)CN(C(=O)c1cc(-c2ccn(C)n2)on1)c1ccc(F)cn1. The Balaban J connectivity index is 1.89. The highest BCUT2D eigenvalue weighted by Crippen LogP contribution is 2.21. The predicted octanol–water partition coefficient (Wildman–Crippen LogP) is 2.91. The van der Waals surface area contributed by atoms with Crippen LogP contribution in [0.1, 0.15) is 24.3 Å². The van der Waals surface area contributed by atoms with Gasteiger partial charge in [-0.05, 0) is 24.1 Å². The summed E-state index contributed by atoms with van der Waals surface area (Å²) in [5.74, 6) is 0.138. The Morgan fingerprint density at radius 3 is 2.76 bits per heavy atom. The van der Waals surface area contributed by atoms with Gasteiger partial charge in [0, 0.05) is 25.9 Å². The van der Waals surface area contributed by atoms with E-state index in [2.05, 4.69) is 15.2 Å².